The highest BCUT2D eigenvalue weighted by Gasteiger charge is 2.23. The van der Waals surface area contributed by atoms with E-state index in [2.05, 4.69) is 155 Å². The van der Waals surface area contributed by atoms with E-state index in [0.717, 1.165) is 60.4 Å². The van der Waals surface area contributed by atoms with Crippen LogP contribution >= 0.6 is 0 Å². The summed E-state index contributed by atoms with van der Waals surface area (Å²) in [4.78, 5) is 15.7. The van der Waals surface area contributed by atoms with Crippen LogP contribution in [0.25, 0.3) is 88.8 Å². The number of nitrogens with zero attached hydrogens (tertiary/aromatic N) is 5. The first-order chi connectivity index (χ1) is 23.8. The third-order valence-electron chi connectivity index (χ3n) is 9.37. The van der Waals surface area contributed by atoms with E-state index >= 15 is 0 Å². The highest BCUT2D eigenvalue weighted by molar-refractivity contribution is 6.23. The van der Waals surface area contributed by atoms with Gasteiger partial charge in [-0.15, -0.1) is 0 Å². The summed E-state index contributed by atoms with van der Waals surface area (Å²) in [5.41, 5.74) is 7.38. The number of rotatable bonds is 4. The van der Waals surface area contributed by atoms with Gasteiger partial charge in [0.05, 0.1) is 22.1 Å². The van der Waals surface area contributed by atoms with Crippen LogP contribution in [0, 0.1) is 0 Å². The van der Waals surface area contributed by atoms with Crippen molar-refractivity contribution in [1.29, 1.82) is 0 Å². The molecule has 5 heteroatoms. The van der Waals surface area contributed by atoms with Gasteiger partial charge in [-0.1, -0.05) is 140 Å². The first kappa shape index (κ1) is 26.6. The molecular formula is C43H27N5. The second kappa shape index (κ2) is 10.5. The molecule has 0 amide bonds. The molecule has 10 aromatic rings. The average molecular weight is 614 g/mol. The van der Waals surface area contributed by atoms with Crippen LogP contribution < -0.4 is 0 Å². The molecule has 0 aliphatic heterocycles. The third-order valence-corrected chi connectivity index (χ3v) is 9.37. The van der Waals surface area contributed by atoms with Crippen molar-refractivity contribution in [1.82, 2.24) is 24.1 Å². The molecule has 0 N–H and O–H groups in total. The molecule has 0 bridgehead atoms. The predicted octanol–water partition coefficient (Wildman–Crippen LogP) is 10.6. The summed E-state index contributed by atoms with van der Waals surface area (Å²) in [7, 11) is 0. The monoisotopic (exact) mass is 613 g/mol. The molecule has 0 fully saturated rings. The first-order valence-electron chi connectivity index (χ1n) is 16.1. The van der Waals surface area contributed by atoms with Crippen molar-refractivity contribution in [2.75, 3.05) is 0 Å². The minimum atomic E-state index is 0.579. The zero-order chi connectivity index (χ0) is 31.6. The predicted molar refractivity (Wildman–Crippen MR) is 197 cm³/mol. The molecule has 48 heavy (non-hydrogen) atoms. The van der Waals surface area contributed by atoms with E-state index in [4.69, 9.17) is 15.0 Å². The topological polar surface area (TPSA) is 48.5 Å². The lowest BCUT2D eigenvalue weighted by Gasteiger charge is -2.14. The molecule has 0 aliphatic carbocycles. The van der Waals surface area contributed by atoms with Gasteiger partial charge in [-0.3, -0.25) is 4.57 Å². The van der Waals surface area contributed by atoms with Gasteiger partial charge in [-0.05, 0) is 35.0 Å². The van der Waals surface area contributed by atoms with Gasteiger partial charge in [0.15, 0.2) is 11.6 Å². The van der Waals surface area contributed by atoms with E-state index in [-0.39, 0.29) is 0 Å². The maximum Gasteiger partial charge on any atom is 0.238 e. The molecule has 0 spiro atoms. The molecule has 0 radical (unpaired) electrons. The normalized spacial score (nSPS) is 11.8. The fourth-order valence-electron chi connectivity index (χ4n) is 7.28. The number of fused-ring (bicyclic) bond motifs is 8. The Morgan fingerprint density at radius 2 is 0.896 bits per heavy atom. The first-order valence-corrected chi connectivity index (χ1v) is 16.1. The maximum absolute atomic E-state index is 5.32. The number of para-hydroxylation sites is 3. The summed E-state index contributed by atoms with van der Waals surface area (Å²) in [6, 6.07) is 57.2. The summed E-state index contributed by atoms with van der Waals surface area (Å²) < 4.78 is 4.63. The minimum Gasteiger partial charge on any atom is -0.307 e. The van der Waals surface area contributed by atoms with Gasteiger partial charge in [-0.2, -0.15) is 9.97 Å². The van der Waals surface area contributed by atoms with Crippen LogP contribution in [0.1, 0.15) is 0 Å². The molecule has 0 atom stereocenters. The van der Waals surface area contributed by atoms with Crippen molar-refractivity contribution in [3.63, 3.8) is 0 Å². The molecule has 224 valence electrons. The summed E-state index contributed by atoms with van der Waals surface area (Å²) in [5.74, 6) is 1.85. The van der Waals surface area contributed by atoms with Crippen LogP contribution in [0.5, 0.6) is 0 Å². The van der Waals surface area contributed by atoms with Crippen molar-refractivity contribution in [2.45, 2.75) is 0 Å². The van der Waals surface area contributed by atoms with E-state index in [9.17, 15) is 0 Å². The summed E-state index contributed by atoms with van der Waals surface area (Å²) in [5, 5.41) is 6.91. The van der Waals surface area contributed by atoms with Gasteiger partial charge in [0.25, 0.3) is 0 Å². The Hall–Kier alpha value is -6.59. The molecule has 0 unspecified atom stereocenters. The average Bonchev–Trinajstić information content (AvgIpc) is 3.68. The zero-order valence-corrected chi connectivity index (χ0v) is 25.8. The minimum absolute atomic E-state index is 0.579. The van der Waals surface area contributed by atoms with Crippen LogP contribution in [-0.4, -0.2) is 24.1 Å². The molecule has 5 nitrogen and oxygen atoms in total. The molecule has 3 aromatic heterocycles. The molecular weight excluding hydrogens is 587 g/mol. The van der Waals surface area contributed by atoms with E-state index in [0.29, 0.717) is 17.6 Å². The number of aromatic nitrogens is 5. The van der Waals surface area contributed by atoms with Crippen LogP contribution in [0.15, 0.2) is 164 Å². The van der Waals surface area contributed by atoms with Gasteiger partial charge < -0.3 is 4.57 Å². The molecule has 3 heterocycles. The second-order valence-corrected chi connectivity index (χ2v) is 12.1. The van der Waals surface area contributed by atoms with E-state index in [1.165, 1.54) is 10.8 Å². The largest absolute Gasteiger partial charge is 0.307 e. The summed E-state index contributed by atoms with van der Waals surface area (Å²) in [6.07, 6.45) is 0. The lowest BCUT2D eigenvalue weighted by Crippen LogP contribution is -2.07. The zero-order valence-electron chi connectivity index (χ0n) is 25.8. The molecule has 0 saturated heterocycles. The van der Waals surface area contributed by atoms with Gasteiger partial charge in [-0.25, -0.2) is 4.98 Å². The van der Waals surface area contributed by atoms with Crippen molar-refractivity contribution < 1.29 is 0 Å². The summed E-state index contributed by atoms with van der Waals surface area (Å²) in [6.45, 7) is 0. The van der Waals surface area contributed by atoms with Crippen molar-refractivity contribution in [3.8, 4) is 34.4 Å². The number of benzene rings is 7. The number of hydrogen-bond donors (Lipinski definition) is 0. The van der Waals surface area contributed by atoms with E-state index in [1.54, 1.807) is 0 Å². The fourth-order valence-corrected chi connectivity index (χ4v) is 7.28. The van der Waals surface area contributed by atoms with Crippen LogP contribution in [0.3, 0.4) is 0 Å². The summed E-state index contributed by atoms with van der Waals surface area (Å²) >= 11 is 0. The van der Waals surface area contributed by atoms with Gasteiger partial charge in [0.2, 0.25) is 5.95 Å². The smallest absolute Gasteiger partial charge is 0.238 e. The molecule has 10 rings (SSSR count). The molecule has 0 aliphatic rings. The Kier molecular flexibility index (Phi) is 5.81. The highest BCUT2D eigenvalue weighted by atomic mass is 15.2. The van der Waals surface area contributed by atoms with Crippen LogP contribution in [0.2, 0.25) is 0 Å². The molecule has 7 aromatic carbocycles. The SMILES string of the molecule is c1ccc(-c2nc(-c3cccc4ccccc34)nc(-n3c4ccccc4c4ccc5c6ccccc6n(-c6ccccc6)c5c43)n2)cc1. The fraction of sp³-hybridized carbons (Fsp3) is 0. The third kappa shape index (κ3) is 3.94. The Bertz CT molecular complexity index is 2830. The highest BCUT2D eigenvalue weighted by Crippen LogP contribution is 2.41. The van der Waals surface area contributed by atoms with E-state index in [1.807, 2.05) is 18.2 Å². The Morgan fingerprint density at radius 3 is 1.62 bits per heavy atom. The van der Waals surface area contributed by atoms with Gasteiger partial charge in [0.1, 0.15) is 0 Å². The van der Waals surface area contributed by atoms with Gasteiger partial charge >= 0.3 is 0 Å². The number of hydrogen-bond acceptors (Lipinski definition) is 3. The lowest BCUT2D eigenvalue weighted by atomic mass is 10.0. The standard InChI is InChI=1S/C43H27N5/c1-3-15-29(16-4-1)41-44-42(36-23-13-17-28-14-7-8-20-31(28)36)46-43(45-41)48-38-25-12-10-22-33(38)35-27-26-34-32-21-9-11-24-37(32)47(39(34)40(35)48)30-18-5-2-6-19-30/h1-27H. The van der Waals surface area contributed by atoms with E-state index < -0.39 is 0 Å². The van der Waals surface area contributed by atoms with Crippen LogP contribution in [-0.2, 0) is 0 Å². The Labute approximate surface area is 276 Å². The van der Waals surface area contributed by atoms with Crippen molar-refractivity contribution >= 4 is 54.4 Å². The Morgan fingerprint density at radius 1 is 0.354 bits per heavy atom. The van der Waals surface area contributed by atoms with Crippen molar-refractivity contribution in [3.05, 3.63) is 164 Å². The Balaban J connectivity index is 1.39. The van der Waals surface area contributed by atoms with Crippen LogP contribution in [0.4, 0.5) is 0 Å². The molecule has 0 saturated carbocycles. The van der Waals surface area contributed by atoms with Crippen molar-refractivity contribution in [2.24, 2.45) is 0 Å². The lowest BCUT2D eigenvalue weighted by molar-refractivity contribution is 0.954. The van der Waals surface area contributed by atoms with Gasteiger partial charge in [0, 0.05) is 38.4 Å². The second-order valence-electron chi connectivity index (χ2n) is 12.1. The quantitative estimate of drug-likeness (QED) is 0.198. The maximum atomic E-state index is 5.32.